The predicted octanol–water partition coefficient (Wildman–Crippen LogP) is 4.36. The van der Waals surface area contributed by atoms with E-state index in [4.69, 9.17) is 10.5 Å². The van der Waals surface area contributed by atoms with E-state index in [0.29, 0.717) is 22.6 Å². The third-order valence-corrected chi connectivity index (χ3v) is 3.47. The van der Waals surface area contributed by atoms with Crippen LogP contribution in [0.1, 0.15) is 31.0 Å². The van der Waals surface area contributed by atoms with Crippen LogP contribution < -0.4 is 10.5 Å². The molecule has 0 aliphatic rings. The average molecular weight is 339 g/mol. The van der Waals surface area contributed by atoms with E-state index in [1.807, 2.05) is 19.9 Å². The SMILES string of the molecule is CC(C)c1cc(CN)cc(Oc2cc(F)ccc2Br)n1. The molecule has 3 nitrogen and oxygen atoms in total. The summed E-state index contributed by atoms with van der Waals surface area (Å²) >= 11 is 3.33. The van der Waals surface area contributed by atoms with Gasteiger partial charge in [0.05, 0.1) is 4.47 Å². The fraction of sp³-hybridized carbons (Fsp3) is 0.267. The molecule has 0 saturated carbocycles. The van der Waals surface area contributed by atoms with Gasteiger partial charge in [-0.25, -0.2) is 9.37 Å². The lowest BCUT2D eigenvalue weighted by molar-refractivity contribution is 0.451. The van der Waals surface area contributed by atoms with Crippen molar-refractivity contribution in [2.75, 3.05) is 0 Å². The molecule has 2 N–H and O–H groups in total. The quantitative estimate of drug-likeness (QED) is 0.900. The largest absolute Gasteiger partial charge is 0.438 e. The number of nitrogens with zero attached hydrogens (tertiary/aromatic N) is 1. The molecule has 0 amide bonds. The van der Waals surface area contributed by atoms with Crippen LogP contribution >= 0.6 is 15.9 Å². The van der Waals surface area contributed by atoms with Crippen LogP contribution in [-0.2, 0) is 6.54 Å². The lowest BCUT2D eigenvalue weighted by Crippen LogP contribution is -2.02. The van der Waals surface area contributed by atoms with Crippen LogP contribution in [0.5, 0.6) is 11.6 Å². The maximum Gasteiger partial charge on any atom is 0.219 e. The minimum absolute atomic E-state index is 0.264. The number of rotatable bonds is 4. The molecule has 1 aromatic heterocycles. The molecule has 0 bridgehead atoms. The smallest absolute Gasteiger partial charge is 0.219 e. The maximum atomic E-state index is 13.3. The normalized spacial score (nSPS) is 10.9. The second-order valence-electron chi connectivity index (χ2n) is 4.77. The molecular formula is C15H16BrFN2O. The fourth-order valence-corrected chi connectivity index (χ4v) is 2.04. The molecule has 0 radical (unpaired) electrons. The first kappa shape index (κ1) is 14.9. The summed E-state index contributed by atoms with van der Waals surface area (Å²) in [6.45, 7) is 4.50. The Balaban J connectivity index is 2.37. The fourth-order valence-electron chi connectivity index (χ4n) is 1.72. The number of halogens is 2. The molecule has 0 unspecified atom stereocenters. The molecule has 0 atom stereocenters. The lowest BCUT2D eigenvalue weighted by atomic mass is 10.1. The van der Waals surface area contributed by atoms with Crippen LogP contribution in [0.2, 0.25) is 0 Å². The van der Waals surface area contributed by atoms with Crippen molar-refractivity contribution in [2.24, 2.45) is 5.73 Å². The molecule has 0 spiro atoms. The Morgan fingerprint density at radius 3 is 2.70 bits per heavy atom. The topological polar surface area (TPSA) is 48.1 Å². The van der Waals surface area contributed by atoms with Crippen molar-refractivity contribution in [3.63, 3.8) is 0 Å². The van der Waals surface area contributed by atoms with Crippen molar-refractivity contribution in [1.82, 2.24) is 4.98 Å². The van der Waals surface area contributed by atoms with E-state index in [0.717, 1.165) is 11.3 Å². The standard InChI is InChI=1S/C15H16BrFN2O/c1-9(2)13-5-10(8-18)6-15(19-13)20-14-7-11(17)3-4-12(14)16/h3-7,9H,8,18H2,1-2H3. The van der Waals surface area contributed by atoms with Gasteiger partial charge in [-0.3, -0.25) is 0 Å². The molecule has 0 fully saturated rings. The summed E-state index contributed by atoms with van der Waals surface area (Å²) in [5.41, 5.74) is 7.52. The van der Waals surface area contributed by atoms with Gasteiger partial charge in [0, 0.05) is 24.4 Å². The second-order valence-corrected chi connectivity index (χ2v) is 5.63. The van der Waals surface area contributed by atoms with Gasteiger partial charge < -0.3 is 10.5 Å². The number of hydrogen-bond donors (Lipinski definition) is 1. The zero-order valence-corrected chi connectivity index (χ0v) is 12.9. The highest BCUT2D eigenvalue weighted by molar-refractivity contribution is 9.10. The number of ether oxygens (including phenoxy) is 1. The van der Waals surface area contributed by atoms with E-state index in [2.05, 4.69) is 20.9 Å². The number of hydrogen-bond acceptors (Lipinski definition) is 3. The number of nitrogens with two attached hydrogens (primary N) is 1. The Kier molecular flexibility index (Phi) is 4.73. The van der Waals surface area contributed by atoms with Gasteiger partial charge >= 0.3 is 0 Å². The molecule has 0 saturated heterocycles. The van der Waals surface area contributed by atoms with Crippen LogP contribution in [0.15, 0.2) is 34.8 Å². The second kappa shape index (κ2) is 6.33. The Labute approximate surface area is 126 Å². The molecule has 1 heterocycles. The third-order valence-electron chi connectivity index (χ3n) is 2.82. The van der Waals surface area contributed by atoms with Gasteiger partial charge in [0.1, 0.15) is 11.6 Å². The van der Waals surface area contributed by atoms with Gasteiger partial charge in [-0.1, -0.05) is 13.8 Å². The first-order chi connectivity index (χ1) is 9.49. The summed E-state index contributed by atoms with van der Waals surface area (Å²) in [6, 6.07) is 8.00. The first-order valence-corrected chi connectivity index (χ1v) is 7.12. The summed E-state index contributed by atoms with van der Waals surface area (Å²) in [6.07, 6.45) is 0. The zero-order chi connectivity index (χ0) is 14.7. The van der Waals surface area contributed by atoms with Gasteiger partial charge in [-0.05, 0) is 45.6 Å². The highest BCUT2D eigenvalue weighted by Gasteiger charge is 2.10. The molecule has 106 valence electrons. The highest BCUT2D eigenvalue weighted by atomic mass is 79.9. The minimum atomic E-state index is -0.359. The average Bonchev–Trinajstić information content (AvgIpc) is 2.42. The molecule has 2 aromatic rings. The van der Waals surface area contributed by atoms with Crippen LogP contribution in [0, 0.1) is 5.82 Å². The van der Waals surface area contributed by atoms with Crippen LogP contribution in [0.25, 0.3) is 0 Å². The Morgan fingerprint density at radius 2 is 2.05 bits per heavy atom. The van der Waals surface area contributed by atoms with Gasteiger partial charge in [-0.15, -0.1) is 0 Å². The summed E-state index contributed by atoms with van der Waals surface area (Å²) < 4.78 is 19.6. The highest BCUT2D eigenvalue weighted by Crippen LogP contribution is 2.30. The number of aromatic nitrogens is 1. The number of pyridine rings is 1. The van der Waals surface area contributed by atoms with Crippen molar-refractivity contribution in [2.45, 2.75) is 26.3 Å². The Bertz CT molecular complexity index is 617. The molecule has 0 aliphatic carbocycles. The maximum absolute atomic E-state index is 13.3. The Hall–Kier alpha value is -1.46. The summed E-state index contributed by atoms with van der Waals surface area (Å²) in [5, 5.41) is 0. The zero-order valence-electron chi connectivity index (χ0n) is 11.4. The predicted molar refractivity (Wildman–Crippen MR) is 80.4 cm³/mol. The van der Waals surface area contributed by atoms with Crippen molar-refractivity contribution < 1.29 is 9.13 Å². The first-order valence-electron chi connectivity index (χ1n) is 6.33. The van der Waals surface area contributed by atoms with Crippen molar-refractivity contribution in [3.8, 4) is 11.6 Å². The van der Waals surface area contributed by atoms with Crippen LogP contribution in [-0.4, -0.2) is 4.98 Å². The van der Waals surface area contributed by atoms with Crippen LogP contribution in [0.3, 0.4) is 0 Å². The minimum Gasteiger partial charge on any atom is -0.438 e. The summed E-state index contributed by atoms with van der Waals surface area (Å²) in [5.74, 6) is 0.714. The molecular weight excluding hydrogens is 323 g/mol. The van der Waals surface area contributed by atoms with Crippen molar-refractivity contribution in [3.05, 3.63) is 51.9 Å². The van der Waals surface area contributed by atoms with E-state index >= 15 is 0 Å². The van der Waals surface area contributed by atoms with Crippen molar-refractivity contribution in [1.29, 1.82) is 0 Å². The van der Waals surface area contributed by atoms with E-state index in [9.17, 15) is 4.39 Å². The summed E-state index contributed by atoms with van der Waals surface area (Å²) in [7, 11) is 0. The monoisotopic (exact) mass is 338 g/mol. The van der Waals surface area contributed by atoms with Gasteiger partial charge in [0.25, 0.3) is 0 Å². The third kappa shape index (κ3) is 3.55. The van der Waals surface area contributed by atoms with E-state index < -0.39 is 0 Å². The molecule has 2 rings (SSSR count). The summed E-state index contributed by atoms with van der Waals surface area (Å²) in [4.78, 5) is 4.43. The molecule has 0 aliphatic heterocycles. The van der Waals surface area contributed by atoms with Gasteiger partial charge in [-0.2, -0.15) is 0 Å². The van der Waals surface area contributed by atoms with E-state index in [-0.39, 0.29) is 11.7 Å². The molecule has 5 heteroatoms. The Morgan fingerprint density at radius 1 is 1.30 bits per heavy atom. The van der Waals surface area contributed by atoms with Crippen molar-refractivity contribution >= 4 is 15.9 Å². The lowest BCUT2D eigenvalue weighted by Gasteiger charge is -2.12. The van der Waals surface area contributed by atoms with Gasteiger partial charge in [0.2, 0.25) is 5.88 Å². The number of benzene rings is 1. The van der Waals surface area contributed by atoms with Crippen LogP contribution in [0.4, 0.5) is 4.39 Å². The van der Waals surface area contributed by atoms with E-state index in [1.165, 1.54) is 12.1 Å². The molecule has 20 heavy (non-hydrogen) atoms. The van der Waals surface area contributed by atoms with Gasteiger partial charge in [0.15, 0.2) is 0 Å². The van der Waals surface area contributed by atoms with E-state index in [1.54, 1.807) is 12.1 Å². The molecule has 1 aromatic carbocycles.